The number of rotatable bonds is 6. The van der Waals surface area contributed by atoms with E-state index in [1.54, 1.807) is 0 Å². The zero-order chi connectivity index (χ0) is 15.8. The van der Waals surface area contributed by atoms with Gasteiger partial charge in [-0.15, -0.1) is 24.0 Å². The molecule has 0 aromatic carbocycles. The largest absolute Gasteiger partial charge is 0.357 e. The molecular formula is C15H28IN5OS. The van der Waals surface area contributed by atoms with Crippen LogP contribution < -0.4 is 10.6 Å². The summed E-state index contributed by atoms with van der Waals surface area (Å²) in [6.45, 7) is 7.71. The summed E-state index contributed by atoms with van der Waals surface area (Å²) in [5, 5.41) is 10.8. The first-order valence-corrected chi connectivity index (χ1v) is 9.29. The highest BCUT2D eigenvalue weighted by atomic mass is 127. The summed E-state index contributed by atoms with van der Waals surface area (Å²) in [6.07, 6.45) is 3.18. The van der Waals surface area contributed by atoms with Gasteiger partial charge in [-0.05, 0) is 25.5 Å². The van der Waals surface area contributed by atoms with Gasteiger partial charge in [0, 0.05) is 30.7 Å². The molecule has 0 spiro atoms. The summed E-state index contributed by atoms with van der Waals surface area (Å²) >= 11 is 2.01. The first kappa shape index (κ1) is 20.5. The maximum absolute atomic E-state index is 5.24. The molecule has 2 N–H and O–H groups in total. The van der Waals surface area contributed by atoms with Gasteiger partial charge in [0.05, 0.1) is 6.54 Å². The van der Waals surface area contributed by atoms with Crippen LogP contribution in [-0.2, 0) is 6.42 Å². The summed E-state index contributed by atoms with van der Waals surface area (Å²) in [6, 6.07) is 0.521. The quantitative estimate of drug-likeness (QED) is 0.392. The van der Waals surface area contributed by atoms with E-state index in [9.17, 15) is 0 Å². The lowest BCUT2D eigenvalue weighted by Gasteiger charge is -2.24. The zero-order valence-electron chi connectivity index (χ0n) is 14.2. The molecule has 1 atom stereocenters. The van der Waals surface area contributed by atoms with Crippen molar-refractivity contribution in [2.24, 2.45) is 4.99 Å². The van der Waals surface area contributed by atoms with Gasteiger partial charge in [-0.3, -0.25) is 4.99 Å². The Labute approximate surface area is 160 Å². The van der Waals surface area contributed by atoms with Gasteiger partial charge in [0.2, 0.25) is 5.89 Å². The van der Waals surface area contributed by atoms with Crippen LogP contribution in [0, 0.1) is 0 Å². The maximum atomic E-state index is 5.24. The zero-order valence-corrected chi connectivity index (χ0v) is 17.3. The Balaban J connectivity index is 0.00000264. The predicted molar refractivity (Wildman–Crippen MR) is 107 cm³/mol. The van der Waals surface area contributed by atoms with Gasteiger partial charge >= 0.3 is 0 Å². The van der Waals surface area contributed by atoms with Crippen LogP contribution in [0.2, 0.25) is 0 Å². The number of aliphatic imine (C=N–C) groups is 1. The van der Waals surface area contributed by atoms with Crippen molar-refractivity contribution in [1.82, 2.24) is 20.8 Å². The van der Waals surface area contributed by atoms with Gasteiger partial charge in [-0.25, -0.2) is 0 Å². The molecule has 1 aliphatic heterocycles. The molecule has 2 heterocycles. The Kier molecular flexibility index (Phi) is 9.92. The van der Waals surface area contributed by atoms with Gasteiger partial charge in [0.1, 0.15) is 0 Å². The van der Waals surface area contributed by atoms with Gasteiger partial charge in [0.15, 0.2) is 11.8 Å². The summed E-state index contributed by atoms with van der Waals surface area (Å²) in [7, 11) is 0. The molecule has 1 aromatic heterocycles. The van der Waals surface area contributed by atoms with E-state index in [4.69, 9.17) is 4.52 Å². The van der Waals surface area contributed by atoms with E-state index in [1.165, 1.54) is 18.6 Å². The van der Waals surface area contributed by atoms with Gasteiger partial charge in [0.25, 0.3) is 0 Å². The molecule has 1 aromatic rings. The molecule has 132 valence electrons. The second-order valence-corrected chi connectivity index (χ2v) is 6.92. The summed E-state index contributed by atoms with van der Waals surface area (Å²) in [5.41, 5.74) is 0. The number of thioether (sulfide) groups is 1. The van der Waals surface area contributed by atoms with Crippen LogP contribution in [0.25, 0.3) is 0 Å². The van der Waals surface area contributed by atoms with Crippen LogP contribution in [0.4, 0.5) is 0 Å². The first-order chi connectivity index (χ1) is 10.7. The lowest BCUT2D eigenvalue weighted by molar-refractivity contribution is 0.372. The van der Waals surface area contributed by atoms with Crippen molar-refractivity contribution in [3.63, 3.8) is 0 Å². The lowest BCUT2D eigenvalue weighted by Crippen LogP contribution is -2.45. The topological polar surface area (TPSA) is 75.3 Å². The summed E-state index contributed by atoms with van der Waals surface area (Å²) in [5.74, 6) is 5.05. The van der Waals surface area contributed by atoms with E-state index in [0.717, 1.165) is 24.1 Å². The van der Waals surface area contributed by atoms with Crippen LogP contribution in [0.1, 0.15) is 51.2 Å². The molecule has 0 saturated carbocycles. The fraction of sp³-hybridized carbons (Fsp3) is 0.800. The van der Waals surface area contributed by atoms with E-state index in [1.807, 2.05) is 11.8 Å². The van der Waals surface area contributed by atoms with Crippen molar-refractivity contribution in [3.8, 4) is 0 Å². The van der Waals surface area contributed by atoms with E-state index >= 15 is 0 Å². The van der Waals surface area contributed by atoms with Gasteiger partial charge < -0.3 is 15.2 Å². The van der Waals surface area contributed by atoms with Crippen molar-refractivity contribution < 1.29 is 4.52 Å². The Bertz CT molecular complexity index is 474. The molecule has 0 radical (unpaired) electrons. The number of hydrogen-bond acceptors (Lipinski definition) is 5. The smallest absolute Gasteiger partial charge is 0.228 e. The minimum atomic E-state index is 0. The van der Waals surface area contributed by atoms with Crippen LogP contribution in [0.15, 0.2) is 9.52 Å². The van der Waals surface area contributed by atoms with Gasteiger partial charge in [-0.2, -0.15) is 16.7 Å². The molecule has 1 fully saturated rings. The predicted octanol–water partition coefficient (Wildman–Crippen LogP) is 2.80. The van der Waals surface area contributed by atoms with Crippen LogP contribution in [0.3, 0.4) is 0 Å². The SMILES string of the molecule is CCNC(=NCCc1nc(C(C)C)no1)NC1CCCSC1.I. The Morgan fingerprint density at radius 2 is 2.30 bits per heavy atom. The maximum Gasteiger partial charge on any atom is 0.228 e. The average Bonchev–Trinajstić information content (AvgIpc) is 2.98. The highest BCUT2D eigenvalue weighted by molar-refractivity contribution is 14.0. The molecule has 1 aliphatic rings. The fourth-order valence-corrected chi connectivity index (χ4v) is 3.31. The first-order valence-electron chi connectivity index (χ1n) is 8.14. The molecule has 0 amide bonds. The fourth-order valence-electron chi connectivity index (χ4n) is 2.24. The standard InChI is InChI=1S/C15H27N5OS.HI/c1-4-16-15(18-12-6-5-9-22-10-12)17-8-7-13-19-14(11(2)3)20-21-13;/h11-12H,4-10H2,1-3H3,(H2,16,17,18);1H. The van der Waals surface area contributed by atoms with E-state index in [-0.39, 0.29) is 24.0 Å². The van der Waals surface area contributed by atoms with Gasteiger partial charge in [-0.1, -0.05) is 19.0 Å². The van der Waals surface area contributed by atoms with Crippen LogP contribution >= 0.6 is 35.7 Å². The molecule has 1 saturated heterocycles. The van der Waals surface area contributed by atoms with E-state index < -0.39 is 0 Å². The number of hydrogen-bond donors (Lipinski definition) is 2. The normalized spacial score (nSPS) is 18.6. The van der Waals surface area contributed by atoms with Crippen molar-refractivity contribution in [2.45, 2.75) is 52.0 Å². The Morgan fingerprint density at radius 1 is 1.48 bits per heavy atom. The average molecular weight is 453 g/mol. The van der Waals surface area contributed by atoms with E-state index in [0.29, 0.717) is 30.8 Å². The number of guanidine groups is 1. The second-order valence-electron chi connectivity index (χ2n) is 5.77. The molecule has 0 bridgehead atoms. The molecule has 6 nitrogen and oxygen atoms in total. The number of halogens is 1. The molecular weight excluding hydrogens is 425 g/mol. The number of aromatic nitrogens is 2. The lowest BCUT2D eigenvalue weighted by atomic mass is 10.2. The third-order valence-electron chi connectivity index (χ3n) is 3.44. The summed E-state index contributed by atoms with van der Waals surface area (Å²) in [4.78, 5) is 8.99. The Hall–Kier alpha value is -0.510. The van der Waals surface area contributed by atoms with Crippen molar-refractivity contribution in [1.29, 1.82) is 0 Å². The molecule has 1 unspecified atom stereocenters. The van der Waals surface area contributed by atoms with Crippen molar-refractivity contribution in [3.05, 3.63) is 11.7 Å². The monoisotopic (exact) mass is 453 g/mol. The highest BCUT2D eigenvalue weighted by Crippen LogP contribution is 2.16. The second kappa shape index (κ2) is 11.1. The Morgan fingerprint density at radius 3 is 2.91 bits per heavy atom. The van der Waals surface area contributed by atoms with E-state index in [2.05, 4.69) is 46.5 Å². The van der Waals surface area contributed by atoms with Crippen LogP contribution in [-0.4, -0.2) is 46.7 Å². The third-order valence-corrected chi connectivity index (χ3v) is 4.66. The third kappa shape index (κ3) is 7.28. The number of nitrogens with zero attached hydrogens (tertiary/aromatic N) is 3. The van der Waals surface area contributed by atoms with Crippen LogP contribution in [0.5, 0.6) is 0 Å². The summed E-state index contributed by atoms with van der Waals surface area (Å²) < 4.78 is 5.24. The highest BCUT2D eigenvalue weighted by Gasteiger charge is 2.15. The minimum Gasteiger partial charge on any atom is -0.357 e. The molecule has 23 heavy (non-hydrogen) atoms. The molecule has 2 rings (SSSR count). The van der Waals surface area contributed by atoms with Crippen molar-refractivity contribution >= 4 is 41.7 Å². The molecule has 0 aliphatic carbocycles. The number of nitrogens with one attached hydrogen (secondary N) is 2. The van der Waals surface area contributed by atoms with Crippen molar-refractivity contribution in [2.75, 3.05) is 24.6 Å². The minimum absolute atomic E-state index is 0. The molecule has 8 heteroatoms.